The molecule has 1 fully saturated rings. The van der Waals surface area contributed by atoms with Crippen LogP contribution in [0.4, 0.5) is 0 Å². The van der Waals surface area contributed by atoms with Gasteiger partial charge in [0.25, 0.3) is 11.7 Å². The Hall–Kier alpha value is -3.15. The highest BCUT2D eigenvalue weighted by molar-refractivity contribution is 6.46. The summed E-state index contributed by atoms with van der Waals surface area (Å²) in [6.45, 7) is 11.1. The minimum atomic E-state index is -0.668. The van der Waals surface area contributed by atoms with Crippen LogP contribution in [0.15, 0.2) is 48.3 Å². The summed E-state index contributed by atoms with van der Waals surface area (Å²) in [5.41, 5.74) is 1.97. The molecule has 0 spiro atoms. The van der Waals surface area contributed by atoms with E-state index >= 15 is 0 Å². The molecule has 1 atom stereocenters. The summed E-state index contributed by atoms with van der Waals surface area (Å²) in [6, 6.07) is 8.32. The van der Waals surface area contributed by atoms with E-state index in [-0.39, 0.29) is 16.7 Å². The summed E-state index contributed by atoms with van der Waals surface area (Å²) in [7, 11) is 0. The number of pyridine rings is 1. The molecule has 3 rings (SSSR count). The maximum atomic E-state index is 13.1. The molecule has 2 heterocycles. The Balaban J connectivity index is 2.18. The number of hydrogen-bond acceptors (Lipinski definition) is 5. The number of Topliss-reactive ketones (excluding diaryl/α,β-unsaturated/α-hetero) is 1. The zero-order chi connectivity index (χ0) is 23.5. The molecule has 32 heavy (non-hydrogen) atoms. The van der Waals surface area contributed by atoms with Crippen LogP contribution in [0.2, 0.25) is 0 Å². The Labute approximate surface area is 189 Å². The SMILES string of the molecule is CCCCN1C(=O)C(=O)/C(=C(\O)c2ccc(OCC)c(C(C)(C)C)c2)C1c1cccnc1. The Morgan fingerprint density at radius 2 is 1.94 bits per heavy atom. The summed E-state index contributed by atoms with van der Waals surface area (Å²) in [6.07, 6.45) is 4.93. The molecule has 1 N–H and O–H groups in total. The van der Waals surface area contributed by atoms with Crippen molar-refractivity contribution >= 4 is 17.4 Å². The highest BCUT2D eigenvalue weighted by Crippen LogP contribution is 2.41. The lowest BCUT2D eigenvalue weighted by Crippen LogP contribution is -2.30. The fourth-order valence-electron chi connectivity index (χ4n) is 4.02. The predicted octanol–water partition coefficient (Wildman–Crippen LogP) is 5.00. The van der Waals surface area contributed by atoms with Crippen molar-refractivity contribution < 1.29 is 19.4 Å². The maximum Gasteiger partial charge on any atom is 0.295 e. The predicted molar refractivity (Wildman–Crippen MR) is 124 cm³/mol. The number of carbonyl (C=O) groups is 2. The fraction of sp³-hybridized carbons (Fsp3) is 0.423. The first-order chi connectivity index (χ1) is 15.2. The molecule has 1 aromatic heterocycles. The Morgan fingerprint density at radius 3 is 2.53 bits per heavy atom. The third-order valence-electron chi connectivity index (χ3n) is 5.65. The van der Waals surface area contributed by atoms with E-state index in [1.807, 2.05) is 32.0 Å². The lowest BCUT2D eigenvalue weighted by atomic mass is 9.84. The van der Waals surface area contributed by atoms with E-state index in [1.165, 1.54) is 0 Å². The van der Waals surface area contributed by atoms with Gasteiger partial charge in [0.05, 0.1) is 18.2 Å². The van der Waals surface area contributed by atoms with E-state index in [4.69, 9.17) is 4.74 Å². The highest BCUT2D eigenvalue weighted by atomic mass is 16.5. The highest BCUT2D eigenvalue weighted by Gasteiger charge is 2.45. The third-order valence-corrected chi connectivity index (χ3v) is 5.65. The third kappa shape index (κ3) is 4.54. The molecule has 2 aromatic rings. The van der Waals surface area contributed by atoms with Gasteiger partial charge in [-0.3, -0.25) is 14.6 Å². The molecule has 1 unspecified atom stereocenters. The van der Waals surface area contributed by atoms with Gasteiger partial charge in [-0.15, -0.1) is 0 Å². The monoisotopic (exact) mass is 436 g/mol. The van der Waals surface area contributed by atoms with Crippen LogP contribution < -0.4 is 4.74 Å². The second-order valence-electron chi connectivity index (χ2n) is 9.03. The number of rotatable bonds is 7. The zero-order valence-electron chi connectivity index (χ0n) is 19.5. The molecular formula is C26H32N2O4. The number of amides is 1. The Kier molecular flexibility index (Phi) is 7.02. The molecular weight excluding hydrogens is 404 g/mol. The smallest absolute Gasteiger partial charge is 0.295 e. The minimum absolute atomic E-state index is 0.100. The zero-order valence-corrected chi connectivity index (χ0v) is 19.5. The topological polar surface area (TPSA) is 79.7 Å². The Morgan fingerprint density at radius 1 is 1.19 bits per heavy atom. The Bertz CT molecular complexity index is 1020. The van der Waals surface area contributed by atoms with Gasteiger partial charge in [0.1, 0.15) is 11.5 Å². The lowest BCUT2D eigenvalue weighted by molar-refractivity contribution is -0.139. The maximum absolute atomic E-state index is 13.1. The molecule has 0 saturated carbocycles. The molecule has 1 aliphatic heterocycles. The van der Waals surface area contributed by atoms with Crippen LogP contribution in [0.3, 0.4) is 0 Å². The quantitative estimate of drug-likeness (QED) is 0.375. The number of likely N-dealkylation sites (tertiary alicyclic amines) is 1. The number of aromatic nitrogens is 1. The summed E-state index contributed by atoms with van der Waals surface area (Å²) in [5, 5.41) is 11.3. The van der Waals surface area contributed by atoms with Gasteiger partial charge in [0.2, 0.25) is 0 Å². The van der Waals surface area contributed by atoms with Gasteiger partial charge >= 0.3 is 0 Å². The first-order valence-corrected chi connectivity index (χ1v) is 11.2. The molecule has 6 nitrogen and oxygen atoms in total. The minimum Gasteiger partial charge on any atom is -0.507 e. The van der Waals surface area contributed by atoms with Gasteiger partial charge in [-0.1, -0.05) is 40.2 Å². The van der Waals surface area contributed by atoms with Gasteiger partial charge in [-0.25, -0.2) is 0 Å². The number of ether oxygens (including phenoxy) is 1. The molecule has 0 bridgehead atoms. The van der Waals surface area contributed by atoms with Crippen molar-refractivity contribution in [2.75, 3.05) is 13.2 Å². The number of nitrogens with zero attached hydrogens (tertiary/aromatic N) is 2. The molecule has 1 amide bonds. The van der Waals surface area contributed by atoms with Crippen molar-refractivity contribution in [3.63, 3.8) is 0 Å². The molecule has 0 aliphatic carbocycles. The second kappa shape index (κ2) is 9.55. The van der Waals surface area contributed by atoms with Crippen molar-refractivity contribution in [3.05, 3.63) is 65.0 Å². The van der Waals surface area contributed by atoms with E-state index in [0.29, 0.717) is 24.3 Å². The van der Waals surface area contributed by atoms with Gasteiger partial charge in [-0.05, 0) is 48.6 Å². The summed E-state index contributed by atoms with van der Waals surface area (Å²) in [5.74, 6) is -0.692. The van der Waals surface area contributed by atoms with E-state index in [9.17, 15) is 14.7 Å². The number of benzene rings is 1. The number of aliphatic hydroxyl groups excluding tert-OH is 1. The molecule has 1 aromatic carbocycles. The molecule has 0 radical (unpaired) electrons. The summed E-state index contributed by atoms with van der Waals surface area (Å²) >= 11 is 0. The van der Waals surface area contributed by atoms with E-state index < -0.39 is 17.7 Å². The summed E-state index contributed by atoms with van der Waals surface area (Å²) in [4.78, 5) is 31.7. The van der Waals surface area contributed by atoms with Crippen molar-refractivity contribution in [2.45, 2.75) is 58.9 Å². The molecule has 6 heteroatoms. The van der Waals surface area contributed by atoms with E-state index in [1.54, 1.807) is 29.4 Å². The van der Waals surface area contributed by atoms with E-state index in [2.05, 4.69) is 25.8 Å². The standard InChI is InChI=1S/C26H32N2O4/c1-6-8-14-28-22(18-10-9-13-27-16-18)21(24(30)25(28)31)23(29)17-11-12-20(32-7-2)19(15-17)26(3,4)5/h9-13,15-16,22,29H,6-8,14H2,1-5H3/b23-21-. The summed E-state index contributed by atoms with van der Waals surface area (Å²) < 4.78 is 5.78. The number of aliphatic hydroxyl groups is 1. The van der Waals surface area contributed by atoms with Crippen LogP contribution in [0.5, 0.6) is 5.75 Å². The fourth-order valence-corrected chi connectivity index (χ4v) is 4.02. The number of hydrogen-bond donors (Lipinski definition) is 1. The van der Waals surface area contributed by atoms with E-state index in [0.717, 1.165) is 24.2 Å². The largest absolute Gasteiger partial charge is 0.507 e. The molecule has 1 saturated heterocycles. The number of carbonyl (C=O) groups excluding carboxylic acids is 2. The lowest BCUT2D eigenvalue weighted by Gasteiger charge is -2.25. The van der Waals surface area contributed by atoms with Crippen molar-refractivity contribution in [3.8, 4) is 5.75 Å². The van der Waals surface area contributed by atoms with Gasteiger partial charge in [-0.2, -0.15) is 0 Å². The van der Waals surface area contributed by atoms with Crippen LogP contribution in [0.25, 0.3) is 5.76 Å². The van der Waals surface area contributed by atoms with Crippen molar-refractivity contribution in [1.29, 1.82) is 0 Å². The van der Waals surface area contributed by atoms with Gasteiger partial charge in [0, 0.05) is 30.1 Å². The average molecular weight is 437 g/mol. The average Bonchev–Trinajstić information content (AvgIpc) is 3.02. The molecule has 1 aliphatic rings. The van der Waals surface area contributed by atoms with Crippen LogP contribution in [0, 0.1) is 0 Å². The normalized spacial score (nSPS) is 18.3. The first kappa shape index (κ1) is 23.5. The van der Waals surface area contributed by atoms with Crippen LogP contribution in [0.1, 0.15) is 70.2 Å². The van der Waals surface area contributed by atoms with Gasteiger partial charge in [0.15, 0.2) is 0 Å². The van der Waals surface area contributed by atoms with Crippen molar-refractivity contribution in [1.82, 2.24) is 9.88 Å². The first-order valence-electron chi connectivity index (χ1n) is 11.2. The second-order valence-corrected chi connectivity index (χ2v) is 9.03. The number of ketones is 1. The van der Waals surface area contributed by atoms with Gasteiger partial charge < -0.3 is 14.7 Å². The molecule has 170 valence electrons. The van der Waals surface area contributed by atoms with Crippen LogP contribution in [-0.2, 0) is 15.0 Å². The van der Waals surface area contributed by atoms with Crippen molar-refractivity contribution in [2.24, 2.45) is 0 Å². The van der Waals surface area contributed by atoms with Crippen LogP contribution in [-0.4, -0.2) is 39.8 Å². The van der Waals surface area contributed by atoms with Crippen LogP contribution >= 0.6 is 0 Å². The number of unbranched alkanes of at least 4 members (excludes halogenated alkanes) is 1.